The van der Waals surface area contributed by atoms with Crippen molar-refractivity contribution in [1.82, 2.24) is 9.62 Å². The zero-order valence-electron chi connectivity index (χ0n) is 17.0. The van der Waals surface area contributed by atoms with Crippen molar-refractivity contribution in [2.45, 2.75) is 63.5 Å². The molecule has 3 N–H and O–H groups in total. The molecule has 1 saturated heterocycles. The van der Waals surface area contributed by atoms with Gasteiger partial charge in [-0.15, -0.1) is 0 Å². The first-order chi connectivity index (χ1) is 13.7. The van der Waals surface area contributed by atoms with E-state index in [1.165, 1.54) is 0 Å². The number of aliphatic hydroxyl groups is 1. The third kappa shape index (κ3) is 3.93. The Hall–Kier alpha value is -1.90. The third-order valence-corrected chi connectivity index (χ3v) is 7.66. The lowest BCUT2D eigenvalue weighted by Crippen LogP contribution is -2.37. The predicted octanol–water partition coefficient (Wildman–Crippen LogP) is 2.60. The fourth-order valence-corrected chi connectivity index (χ4v) is 5.69. The molecule has 1 heterocycles. The number of benzene rings is 1. The number of likely N-dealkylation sites (tertiary alicyclic amines) is 1. The Kier molecular flexibility index (Phi) is 5.21. The molecule has 7 nitrogen and oxygen atoms in total. The molecule has 0 radical (unpaired) electrons. The maximum atomic E-state index is 12.5. The van der Waals surface area contributed by atoms with Crippen molar-refractivity contribution in [3.05, 3.63) is 39.8 Å². The number of anilines is 1. The molecule has 0 spiro atoms. The number of likely N-dealkylation sites (N-methyl/N-ethyl adjacent to an activating group) is 1. The highest BCUT2D eigenvalue weighted by Crippen LogP contribution is 2.42. The van der Waals surface area contributed by atoms with Crippen LogP contribution in [-0.2, 0) is 29.3 Å². The highest BCUT2D eigenvalue weighted by molar-refractivity contribution is 7.92. The summed E-state index contributed by atoms with van der Waals surface area (Å²) in [6, 6.07) is 1.29. The Morgan fingerprint density at radius 3 is 2.79 bits per heavy atom. The second kappa shape index (κ2) is 7.41. The van der Waals surface area contributed by atoms with Crippen LogP contribution in [0.15, 0.2) is 17.6 Å². The number of urea groups is 1. The quantitative estimate of drug-likeness (QED) is 0.697. The maximum Gasteiger partial charge on any atom is 0.333 e. The Morgan fingerprint density at radius 1 is 1.28 bits per heavy atom. The van der Waals surface area contributed by atoms with E-state index in [0.29, 0.717) is 18.5 Å². The molecule has 1 aromatic carbocycles. The molecular formula is C21H29N3O4S. The van der Waals surface area contributed by atoms with Gasteiger partial charge in [0.15, 0.2) is 0 Å². The largest absolute Gasteiger partial charge is 0.388 e. The van der Waals surface area contributed by atoms with Crippen molar-refractivity contribution in [3.8, 4) is 0 Å². The zero-order valence-corrected chi connectivity index (χ0v) is 17.8. The van der Waals surface area contributed by atoms with Crippen molar-refractivity contribution in [3.63, 3.8) is 0 Å². The minimum absolute atomic E-state index is 0.317. The van der Waals surface area contributed by atoms with Crippen LogP contribution in [0.2, 0.25) is 0 Å². The first-order valence-corrected chi connectivity index (χ1v) is 11.8. The Labute approximate surface area is 172 Å². The van der Waals surface area contributed by atoms with Gasteiger partial charge in [-0.1, -0.05) is 12.1 Å². The Balaban J connectivity index is 1.51. The number of aliphatic hydroxyl groups excluding tert-OH is 1. The van der Waals surface area contributed by atoms with E-state index in [1.807, 2.05) is 14.0 Å². The van der Waals surface area contributed by atoms with E-state index in [2.05, 4.69) is 21.0 Å². The lowest BCUT2D eigenvalue weighted by Gasteiger charge is -2.28. The summed E-state index contributed by atoms with van der Waals surface area (Å²) >= 11 is 0. The molecule has 2 amide bonds. The summed E-state index contributed by atoms with van der Waals surface area (Å²) in [6.07, 6.45) is 7.10. The standard InChI is InChI=1S/C21H29N3O4S/c1-21(9-4-11-24(21)2)10-12-29(27,28)23-20(26)22-19-15-6-3-5-14(15)13-17-16(19)7-8-18(17)25/h10,12-13,18,25H,3-9,11H2,1-2H3,(H2,22,23,26)/b12-10+/t18?,21-/m1/s1. The van der Waals surface area contributed by atoms with Gasteiger partial charge >= 0.3 is 6.03 Å². The van der Waals surface area contributed by atoms with Crippen LogP contribution < -0.4 is 10.0 Å². The summed E-state index contributed by atoms with van der Waals surface area (Å²) in [7, 11) is -1.94. The average Bonchev–Trinajstić information content (AvgIpc) is 3.34. The van der Waals surface area contributed by atoms with E-state index in [-0.39, 0.29) is 5.54 Å². The summed E-state index contributed by atoms with van der Waals surface area (Å²) in [5, 5.41) is 14.1. The van der Waals surface area contributed by atoms with Gasteiger partial charge in [-0.05, 0) is 87.7 Å². The number of sulfonamides is 1. The molecular weight excluding hydrogens is 390 g/mol. The number of nitrogens with zero attached hydrogens (tertiary/aromatic N) is 1. The molecule has 1 fully saturated rings. The normalized spacial score (nSPS) is 26.7. The number of carbonyl (C=O) groups excluding carboxylic acids is 1. The zero-order chi connectivity index (χ0) is 20.8. The number of aryl methyl sites for hydroxylation is 1. The second-order valence-corrected chi connectivity index (χ2v) is 10.2. The van der Waals surface area contributed by atoms with Gasteiger partial charge in [-0.2, -0.15) is 0 Å². The highest BCUT2D eigenvalue weighted by atomic mass is 32.2. The molecule has 2 atom stereocenters. The van der Waals surface area contributed by atoms with Crippen molar-refractivity contribution in [1.29, 1.82) is 0 Å². The van der Waals surface area contributed by atoms with Gasteiger partial charge in [0, 0.05) is 16.6 Å². The molecule has 0 saturated carbocycles. The fraction of sp³-hybridized carbons (Fsp3) is 0.571. The molecule has 158 valence electrons. The predicted molar refractivity (Wildman–Crippen MR) is 112 cm³/mol. The Bertz CT molecular complexity index is 973. The molecule has 8 heteroatoms. The van der Waals surface area contributed by atoms with Crippen LogP contribution in [0.3, 0.4) is 0 Å². The summed E-state index contributed by atoms with van der Waals surface area (Å²) in [6.45, 7) is 2.92. The van der Waals surface area contributed by atoms with Crippen molar-refractivity contribution in [2.75, 3.05) is 18.9 Å². The monoisotopic (exact) mass is 419 g/mol. The van der Waals surface area contributed by atoms with Crippen LogP contribution >= 0.6 is 0 Å². The number of amides is 2. The van der Waals surface area contributed by atoms with Gasteiger partial charge in [-0.25, -0.2) is 17.9 Å². The number of hydrogen-bond donors (Lipinski definition) is 3. The lowest BCUT2D eigenvalue weighted by molar-refractivity contribution is 0.180. The first-order valence-electron chi connectivity index (χ1n) is 10.3. The third-order valence-electron chi connectivity index (χ3n) is 6.70. The van der Waals surface area contributed by atoms with Gasteiger partial charge in [0.1, 0.15) is 0 Å². The van der Waals surface area contributed by atoms with E-state index in [9.17, 15) is 18.3 Å². The molecule has 1 aromatic rings. The molecule has 1 aliphatic heterocycles. The van der Waals surface area contributed by atoms with Crippen LogP contribution in [0.5, 0.6) is 0 Å². The maximum absolute atomic E-state index is 12.5. The van der Waals surface area contributed by atoms with Crippen molar-refractivity contribution >= 4 is 21.7 Å². The molecule has 29 heavy (non-hydrogen) atoms. The molecule has 0 aromatic heterocycles. The van der Waals surface area contributed by atoms with E-state index < -0.39 is 22.2 Å². The second-order valence-electron chi connectivity index (χ2n) is 8.65. The average molecular weight is 420 g/mol. The van der Waals surface area contributed by atoms with Gasteiger partial charge in [0.05, 0.1) is 6.10 Å². The molecule has 0 bridgehead atoms. The van der Waals surface area contributed by atoms with E-state index in [1.54, 1.807) is 6.08 Å². The number of nitrogens with one attached hydrogen (secondary N) is 2. The topological polar surface area (TPSA) is 98.7 Å². The number of fused-ring (bicyclic) bond motifs is 2. The van der Waals surface area contributed by atoms with Crippen LogP contribution in [0.25, 0.3) is 0 Å². The highest BCUT2D eigenvalue weighted by Gasteiger charge is 2.32. The van der Waals surface area contributed by atoms with Gasteiger partial charge < -0.3 is 10.4 Å². The van der Waals surface area contributed by atoms with Crippen LogP contribution in [0.4, 0.5) is 10.5 Å². The number of rotatable bonds is 4. The smallest absolute Gasteiger partial charge is 0.333 e. The van der Waals surface area contributed by atoms with E-state index in [0.717, 1.165) is 66.3 Å². The first kappa shape index (κ1) is 20.4. The summed E-state index contributed by atoms with van der Waals surface area (Å²) in [5.74, 6) is 0. The fourth-order valence-electron chi connectivity index (χ4n) is 4.84. The molecule has 1 unspecified atom stereocenters. The summed E-state index contributed by atoms with van der Waals surface area (Å²) in [4.78, 5) is 14.7. The molecule has 4 rings (SSSR count). The number of carbonyl (C=O) groups is 1. The SMILES string of the molecule is CN1CCC[C@]1(C)/C=C/S(=O)(=O)NC(=O)Nc1c2c(cc3c1CCC3O)CCC2. The summed E-state index contributed by atoms with van der Waals surface area (Å²) in [5.41, 5.74) is 4.37. The van der Waals surface area contributed by atoms with Crippen molar-refractivity contribution < 1.29 is 18.3 Å². The van der Waals surface area contributed by atoms with Crippen LogP contribution in [-0.4, -0.2) is 43.6 Å². The van der Waals surface area contributed by atoms with Crippen molar-refractivity contribution in [2.24, 2.45) is 0 Å². The van der Waals surface area contributed by atoms with Crippen LogP contribution in [0.1, 0.15) is 61.0 Å². The van der Waals surface area contributed by atoms with E-state index >= 15 is 0 Å². The summed E-state index contributed by atoms with van der Waals surface area (Å²) < 4.78 is 27.0. The molecule has 3 aliphatic rings. The number of hydrogen-bond acceptors (Lipinski definition) is 5. The lowest BCUT2D eigenvalue weighted by atomic mass is 9.98. The Morgan fingerprint density at radius 2 is 2.07 bits per heavy atom. The van der Waals surface area contributed by atoms with E-state index in [4.69, 9.17) is 0 Å². The van der Waals surface area contributed by atoms with Gasteiger partial charge in [0.25, 0.3) is 10.0 Å². The van der Waals surface area contributed by atoms with Gasteiger partial charge in [-0.3, -0.25) is 4.90 Å². The molecule has 2 aliphatic carbocycles. The van der Waals surface area contributed by atoms with Crippen LogP contribution in [0, 0.1) is 0 Å². The van der Waals surface area contributed by atoms with Gasteiger partial charge in [0.2, 0.25) is 0 Å². The minimum Gasteiger partial charge on any atom is -0.388 e. The minimum atomic E-state index is -3.91.